The Morgan fingerprint density at radius 3 is 2.81 bits per heavy atom. The summed E-state index contributed by atoms with van der Waals surface area (Å²) in [6.45, 7) is -0.926. The van der Waals surface area contributed by atoms with Gasteiger partial charge in [0.25, 0.3) is 0 Å². The van der Waals surface area contributed by atoms with Gasteiger partial charge in [0.1, 0.15) is 11.9 Å². The Bertz CT molecular complexity index is 622. The average Bonchev–Trinajstić information content (AvgIpc) is 2.65. The van der Waals surface area contributed by atoms with Gasteiger partial charge in [-0.05, 0) is 10.2 Å². The number of nitrogens with zero attached hydrogens (tertiary/aromatic N) is 2. The molecule has 1 aliphatic rings. The third-order valence-electron chi connectivity index (χ3n) is 3.01. The van der Waals surface area contributed by atoms with Crippen LogP contribution in [0.1, 0.15) is 11.8 Å². The van der Waals surface area contributed by atoms with Crippen LogP contribution >= 0.6 is 22.6 Å². The third kappa shape index (κ3) is 2.79. The number of rotatable bonds is 3. The highest BCUT2D eigenvalue weighted by Crippen LogP contribution is 2.43. The summed E-state index contributed by atoms with van der Waals surface area (Å²) in [5, 5.41) is 8.85. The van der Waals surface area contributed by atoms with Crippen molar-refractivity contribution in [3.8, 4) is 0 Å². The van der Waals surface area contributed by atoms with Gasteiger partial charge in [0, 0.05) is 11.8 Å². The van der Waals surface area contributed by atoms with Crippen molar-refractivity contribution in [1.29, 1.82) is 0 Å². The normalized spacial score (nSPS) is 28.3. The molecule has 0 aromatic carbocycles. The van der Waals surface area contributed by atoms with Crippen LogP contribution in [0.15, 0.2) is 15.1 Å². The zero-order chi connectivity index (χ0) is 15.8. The Hall–Kier alpha value is -1.14. The van der Waals surface area contributed by atoms with Crippen LogP contribution in [0.5, 0.6) is 0 Å². The first-order chi connectivity index (χ1) is 9.82. The Balaban J connectivity index is 2.51. The van der Waals surface area contributed by atoms with Gasteiger partial charge in [-0.1, -0.05) is 22.6 Å². The number of alkyl halides is 3. The molecule has 1 aromatic rings. The Kier molecular flexibility index (Phi) is 4.58. The monoisotopic (exact) mass is 417 g/mol. The topological polar surface area (TPSA) is 90.4 Å². The van der Waals surface area contributed by atoms with Crippen LogP contribution in [0.25, 0.3) is 6.08 Å². The SMILES string of the molecule is Nc1nc(=O)n(C2OC(CO)C(F)C2(F)F)cc1/C=C/I. The summed E-state index contributed by atoms with van der Waals surface area (Å²) in [6, 6.07) is 0. The smallest absolute Gasteiger partial charge is 0.351 e. The molecule has 10 heteroatoms. The van der Waals surface area contributed by atoms with Crippen molar-refractivity contribution >= 4 is 34.5 Å². The van der Waals surface area contributed by atoms with Crippen LogP contribution in [0.4, 0.5) is 19.0 Å². The predicted octanol–water partition coefficient (Wildman–Crippen LogP) is 1.09. The quantitative estimate of drug-likeness (QED) is 0.720. The van der Waals surface area contributed by atoms with E-state index < -0.39 is 36.7 Å². The summed E-state index contributed by atoms with van der Waals surface area (Å²) in [5.41, 5.74) is 4.63. The number of aliphatic hydroxyl groups excluding tert-OH is 1. The fraction of sp³-hybridized carbons (Fsp3) is 0.455. The second kappa shape index (κ2) is 5.93. The lowest BCUT2D eigenvalue weighted by molar-refractivity contribution is -0.130. The van der Waals surface area contributed by atoms with Crippen molar-refractivity contribution in [1.82, 2.24) is 9.55 Å². The van der Waals surface area contributed by atoms with E-state index in [0.29, 0.717) is 4.57 Å². The predicted molar refractivity (Wildman–Crippen MR) is 76.8 cm³/mol. The summed E-state index contributed by atoms with van der Waals surface area (Å²) in [5.74, 6) is -4.11. The molecule has 0 amide bonds. The van der Waals surface area contributed by atoms with Crippen LogP contribution in [0.3, 0.4) is 0 Å². The number of nitrogen functional groups attached to an aromatic ring is 1. The fourth-order valence-corrected chi connectivity index (χ4v) is 2.34. The molecule has 116 valence electrons. The summed E-state index contributed by atoms with van der Waals surface area (Å²) in [4.78, 5) is 15.1. The lowest BCUT2D eigenvalue weighted by atomic mass is 10.1. The molecule has 3 atom stereocenters. The fourth-order valence-electron chi connectivity index (χ4n) is 1.96. The molecule has 0 radical (unpaired) electrons. The first-order valence-electron chi connectivity index (χ1n) is 5.76. The highest BCUT2D eigenvalue weighted by Gasteiger charge is 2.60. The van der Waals surface area contributed by atoms with E-state index in [-0.39, 0.29) is 11.4 Å². The number of aliphatic hydroxyl groups is 1. The van der Waals surface area contributed by atoms with Gasteiger partial charge < -0.3 is 15.6 Å². The van der Waals surface area contributed by atoms with Crippen molar-refractivity contribution in [2.75, 3.05) is 12.3 Å². The molecule has 0 spiro atoms. The molecule has 1 aromatic heterocycles. The molecule has 1 saturated heterocycles. The molecule has 3 N–H and O–H groups in total. The zero-order valence-corrected chi connectivity index (χ0v) is 12.6. The van der Waals surface area contributed by atoms with Crippen molar-refractivity contribution in [3.63, 3.8) is 0 Å². The van der Waals surface area contributed by atoms with E-state index >= 15 is 0 Å². The minimum atomic E-state index is -3.97. The summed E-state index contributed by atoms with van der Waals surface area (Å²) in [6.07, 6.45) is -4.15. The molecule has 6 nitrogen and oxygen atoms in total. The number of hydrogen-bond acceptors (Lipinski definition) is 5. The van der Waals surface area contributed by atoms with E-state index in [0.717, 1.165) is 6.20 Å². The Labute approximate surface area is 130 Å². The van der Waals surface area contributed by atoms with Gasteiger partial charge in [-0.2, -0.15) is 13.8 Å². The maximum atomic E-state index is 13.9. The van der Waals surface area contributed by atoms with Crippen LogP contribution in [0, 0.1) is 0 Å². The number of aromatic nitrogens is 2. The maximum Gasteiger partial charge on any atom is 0.351 e. The van der Waals surface area contributed by atoms with E-state index in [2.05, 4.69) is 4.98 Å². The molecule has 3 unspecified atom stereocenters. The number of halogens is 4. The lowest BCUT2D eigenvalue weighted by Crippen LogP contribution is -2.40. The average molecular weight is 417 g/mol. The Morgan fingerprint density at radius 1 is 1.62 bits per heavy atom. The van der Waals surface area contributed by atoms with Gasteiger partial charge in [0.2, 0.25) is 6.23 Å². The van der Waals surface area contributed by atoms with Gasteiger partial charge in [0.05, 0.1) is 6.61 Å². The minimum Gasteiger partial charge on any atom is -0.394 e. The number of anilines is 1. The van der Waals surface area contributed by atoms with Crippen LogP contribution in [-0.2, 0) is 4.74 Å². The zero-order valence-electron chi connectivity index (χ0n) is 10.4. The molecule has 1 aliphatic heterocycles. The number of nitrogens with two attached hydrogens (primary N) is 1. The van der Waals surface area contributed by atoms with Crippen molar-refractivity contribution in [2.45, 2.75) is 24.4 Å². The summed E-state index contributed by atoms with van der Waals surface area (Å²) >= 11 is 1.87. The minimum absolute atomic E-state index is 0.138. The Morgan fingerprint density at radius 2 is 2.29 bits per heavy atom. The number of ether oxygens (including phenoxy) is 1. The second-order valence-electron chi connectivity index (χ2n) is 4.35. The van der Waals surface area contributed by atoms with Crippen LogP contribution in [-0.4, -0.2) is 39.5 Å². The van der Waals surface area contributed by atoms with Crippen molar-refractivity contribution in [2.24, 2.45) is 0 Å². The van der Waals surface area contributed by atoms with Crippen LogP contribution < -0.4 is 11.4 Å². The molecule has 0 saturated carbocycles. The standard InChI is InChI=1S/C11H11F3IN3O3/c12-7-6(4-19)21-9(11(7,13)14)18-3-5(1-2-15)8(16)17-10(18)20/h1-3,6-7,9,19H,4H2,(H2,16,17,20)/b2-1+. The second-order valence-corrected chi connectivity index (χ2v) is 5.07. The van der Waals surface area contributed by atoms with Crippen LogP contribution in [0.2, 0.25) is 0 Å². The first kappa shape index (κ1) is 16.2. The molecule has 21 heavy (non-hydrogen) atoms. The van der Waals surface area contributed by atoms with E-state index in [1.165, 1.54) is 6.08 Å². The summed E-state index contributed by atoms with van der Waals surface area (Å²) < 4.78 is 48.1. The molecule has 2 rings (SSSR count). The van der Waals surface area contributed by atoms with E-state index in [1.54, 1.807) is 4.08 Å². The van der Waals surface area contributed by atoms with Crippen molar-refractivity contribution < 1.29 is 23.0 Å². The van der Waals surface area contributed by atoms with Gasteiger partial charge in [-0.25, -0.2) is 9.18 Å². The largest absolute Gasteiger partial charge is 0.394 e. The van der Waals surface area contributed by atoms with E-state index in [1.807, 2.05) is 22.6 Å². The molecular formula is C11H11F3IN3O3. The lowest BCUT2D eigenvalue weighted by Gasteiger charge is -2.20. The van der Waals surface area contributed by atoms with Gasteiger partial charge in [-0.3, -0.25) is 4.57 Å². The highest BCUT2D eigenvalue weighted by molar-refractivity contribution is 14.1. The highest BCUT2D eigenvalue weighted by atomic mass is 127. The van der Waals surface area contributed by atoms with Crippen molar-refractivity contribution in [3.05, 3.63) is 26.3 Å². The molecule has 0 bridgehead atoms. The molecular weight excluding hydrogens is 406 g/mol. The third-order valence-corrected chi connectivity index (χ3v) is 3.37. The maximum absolute atomic E-state index is 13.9. The molecule has 2 heterocycles. The van der Waals surface area contributed by atoms with Gasteiger partial charge in [-0.15, -0.1) is 0 Å². The molecule has 0 aliphatic carbocycles. The van der Waals surface area contributed by atoms with Gasteiger partial charge >= 0.3 is 11.6 Å². The van der Waals surface area contributed by atoms with E-state index in [9.17, 15) is 18.0 Å². The summed E-state index contributed by atoms with van der Waals surface area (Å²) in [7, 11) is 0. The van der Waals surface area contributed by atoms with E-state index in [4.69, 9.17) is 15.6 Å². The first-order valence-corrected chi connectivity index (χ1v) is 7.01. The molecule has 1 fully saturated rings. The van der Waals surface area contributed by atoms with Gasteiger partial charge in [0.15, 0.2) is 6.17 Å². The number of hydrogen-bond donors (Lipinski definition) is 2.